The van der Waals surface area contributed by atoms with Crippen molar-refractivity contribution in [3.63, 3.8) is 0 Å². The molecule has 1 heterocycles. The minimum absolute atomic E-state index is 0.00220. The number of thioether (sulfide) groups is 1. The highest BCUT2D eigenvalue weighted by atomic mass is 32.2. The van der Waals surface area contributed by atoms with Gasteiger partial charge in [0.1, 0.15) is 0 Å². The van der Waals surface area contributed by atoms with Crippen LogP contribution in [0.4, 0.5) is 0 Å². The summed E-state index contributed by atoms with van der Waals surface area (Å²) < 4.78 is 2.05. The number of rotatable bonds is 3. The van der Waals surface area contributed by atoms with Crippen molar-refractivity contribution in [1.29, 1.82) is 0 Å². The van der Waals surface area contributed by atoms with Gasteiger partial charge in [-0.15, -0.1) is 0 Å². The maximum atomic E-state index is 11.9. The number of nitrogens with zero attached hydrogens (tertiary/aromatic N) is 2. The van der Waals surface area contributed by atoms with Crippen molar-refractivity contribution in [3.8, 4) is 0 Å². The Labute approximate surface area is 179 Å². The van der Waals surface area contributed by atoms with E-state index in [1.165, 1.54) is 12.0 Å². The first-order valence-corrected chi connectivity index (χ1v) is 12.5. The number of aryl methyl sites for hydroxylation is 1. The molecule has 4 nitrogen and oxygen atoms in total. The highest BCUT2D eigenvalue weighted by Gasteiger charge is 2.63. The van der Waals surface area contributed by atoms with Crippen molar-refractivity contribution in [1.82, 2.24) is 9.55 Å². The summed E-state index contributed by atoms with van der Waals surface area (Å²) in [5, 5.41) is 23.0. The van der Waals surface area contributed by atoms with Crippen molar-refractivity contribution in [2.45, 2.75) is 82.1 Å². The topological polar surface area (TPSA) is 58.3 Å². The molecule has 5 rings (SSSR count). The number of imidazole rings is 1. The van der Waals surface area contributed by atoms with Gasteiger partial charge in [-0.3, -0.25) is 0 Å². The summed E-state index contributed by atoms with van der Waals surface area (Å²) in [4.78, 5) is 4.45. The molecule has 1 aromatic rings. The van der Waals surface area contributed by atoms with Gasteiger partial charge in [0.15, 0.2) is 5.16 Å². The molecule has 1 aromatic heterocycles. The molecule has 29 heavy (non-hydrogen) atoms. The molecule has 0 unspecified atom stereocenters. The van der Waals surface area contributed by atoms with Crippen molar-refractivity contribution in [3.05, 3.63) is 24.0 Å². The second-order valence-corrected chi connectivity index (χ2v) is 11.7. The number of hydrogen-bond acceptors (Lipinski definition) is 4. The van der Waals surface area contributed by atoms with Crippen LogP contribution in [0.2, 0.25) is 0 Å². The fourth-order valence-electron chi connectivity index (χ4n) is 7.66. The third-order valence-electron chi connectivity index (χ3n) is 9.62. The summed E-state index contributed by atoms with van der Waals surface area (Å²) in [5.74, 6) is 2.75. The monoisotopic (exact) mass is 416 g/mol. The minimum atomic E-state index is -0.604. The average Bonchev–Trinajstić information content (AvgIpc) is 3.22. The third kappa shape index (κ3) is 2.90. The Kier molecular flexibility index (Phi) is 4.77. The first-order chi connectivity index (χ1) is 13.8. The average molecular weight is 417 g/mol. The maximum Gasteiger partial charge on any atom is 0.167 e. The summed E-state index contributed by atoms with van der Waals surface area (Å²) in [6, 6.07) is 0. The molecule has 0 saturated heterocycles. The largest absolute Gasteiger partial charge is 0.393 e. The molecule has 160 valence electrons. The van der Waals surface area contributed by atoms with E-state index in [0.29, 0.717) is 11.8 Å². The molecule has 0 aliphatic heterocycles. The van der Waals surface area contributed by atoms with Crippen LogP contribution < -0.4 is 0 Å². The molecular formula is C24H36N2O2S. The van der Waals surface area contributed by atoms with Crippen molar-refractivity contribution >= 4 is 11.8 Å². The van der Waals surface area contributed by atoms with E-state index in [9.17, 15) is 10.2 Å². The van der Waals surface area contributed by atoms with Gasteiger partial charge in [-0.25, -0.2) is 4.98 Å². The first-order valence-electron chi connectivity index (χ1n) is 11.5. The third-order valence-corrected chi connectivity index (χ3v) is 10.9. The Morgan fingerprint density at radius 1 is 1.17 bits per heavy atom. The van der Waals surface area contributed by atoms with E-state index < -0.39 is 5.60 Å². The van der Waals surface area contributed by atoms with E-state index in [1.807, 2.05) is 24.0 Å². The molecule has 0 radical (unpaired) electrons. The second-order valence-electron chi connectivity index (χ2n) is 10.8. The zero-order chi connectivity index (χ0) is 20.4. The Bertz CT molecular complexity index is 822. The quantitative estimate of drug-likeness (QED) is 0.560. The Morgan fingerprint density at radius 2 is 1.97 bits per heavy atom. The predicted octanol–water partition coefficient (Wildman–Crippen LogP) is 4.57. The fraction of sp³-hybridized carbons (Fsp3) is 0.792. The van der Waals surface area contributed by atoms with Gasteiger partial charge in [-0.05, 0) is 74.5 Å². The van der Waals surface area contributed by atoms with E-state index in [1.54, 1.807) is 11.8 Å². The summed E-state index contributed by atoms with van der Waals surface area (Å²) in [6.07, 6.45) is 14.7. The number of fused-ring (bicyclic) bond motifs is 5. The van der Waals surface area contributed by atoms with Crippen LogP contribution in [0, 0.1) is 28.6 Å². The Balaban J connectivity index is 1.39. The van der Waals surface area contributed by atoms with Gasteiger partial charge >= 0.3 is 0 Å². The number of aliphatic hydroxyl groups excluding tert-OH is 1. The molecule has 0 spiro atoms. The predicted molar refractivity (Wildman–Crippen MR) is 117 cm³/mol. The number of allylic oxidation sites excluding steroid dienone is 1. The van der Waals surface area contributed by atoms with Crippen LogP contribution in [-0.2, 0) is 7.05 Å². The van der Waals surface area contributed by atoms with E-state index in [4.69, 9.17) is 0 Å². The van der Waals surface area contributed by atoms with Crippen molar-refractivity contribution in [2.75, 3.05) is 5.75 Å². The van der Waals surface area contributed by atoms with E-state index >= 15 is 0 Å². The lowest BCUT2D eigenvalue weighted by Gasteiger charge is -2.59. The Morgan fingerprint density at radius 3 is 2.72 bits per heavy atom. The van der Waals surface area contributed by atoms with Gasteiger partial charge in [0.05, 0.1) is 11.7 Å². The van der Waals surface area contributed by atoms with E-state index in [-0.39, 0.29) is 16.9 Å². The van der Waals surface area contributed by atoms with Gasteiger partial charge in [0.2, 0.25) is 0 Å². The lowest BCUT2D eigenvalue weighted by Crippen LogP contribution is -2.55. The smallest absolute Gasteiger partial charge is 0.167 e. The molecule has 0 bridgehead atoms. The Hall–Kier alpha value is -0.780. The van der Waals surface area contributed by atoms with Gasteiger partial charge in [0, 0.05) is 30.6 Å². The molecule has 3 saturated carbocycles. The lowest BCUT2D eigenvalue weighted by molar-refractivity contribution is -0.113. The van der Waals surface area contributed by atoms with Crippen LogP contribution in [0.25, 0.3) is 0 Å². The standard InChI is InChI=1S/C24H36N2O2S/c1-22-9-6-17(27)14-16(22)4-5-18-19(22)7-10-23(2)20(18)8-11-24(23,28)15-29-21-25-12-13-26(21)3/h4,12-13,17-20,27-28H,5-11,14-15H2,1-3H3/t17-,18+,19+,20-,22-,23-,24+/m0/s1. The second kappa shape index (κ2) is 6.86. The van der Waals surface area contributed by atoms with Crippen LogP contribution in [0.3, 0.4) is 0 Å². The number of aliphatic hydroxyl groups is 2. The van der Waals surface area contributed by atoms with Crippen LogP contribution in [-0.4, -0.2) is 37.2 Å². The molecular weight excluding hydrogens is 380 g/mol. The zero-order valence-corrected chi connectivity index (χ0v) is 18.9. The molecule has 2 N–H and O–H groups in total. The van der Waals surface area contributed by atoms with Gasteiger partial charge in [0.25, 0.3) is 0 Å². The summed E-state index contributed by atoms with van der Waals surface area (Å²) in [6.45, 7) is 4.86. The maximum absolute atomic E-state index is 11.9. The van der Waals surface area contributed by atoms with Crippen LogP contribution in [0.5, 0.6) is 0 Å². The van der Waals surface area contributed by atoms with Gasteiger partial charge < -0.3 is 14.8 Å². The first kappa shape index (κ1) is 20.1. The van der Waals surface area contributed by atoms with Crippen molar-refractivity contribution < 1.29 is 10.2 Å². The lowest BCUT2D eigenvalue weighted by atomic mass is 9.47. The number of hydrogen-bond donors (Lipinski definition) is 2. The zero-order valence-electron chi connectivity index (χ0n) is 18.1. The van der Waals surface area contributed by atoms with Crippen LogP contribution >= 0.6 is 11.8 Å². The van der Waals surface area contributed by atoms with Gasteiger partial charge in [-0.2, -0.15) is 0 Å². The molecule has 0 aromatic carbocycles. The summed E-state index contributed by atoms with van der Waals surface area (Å²) in [7, 11) is 2.03. The van der Waals surface area contributed by atoms with E-state index in [0.717, 1.165) is 61.8 Å². The molecule has 3 fully saturated rings. The van der Waals surface area contributed by atoms with E-state index in [2.05, 4.69) is 24.9 Å². The molecule has 4 aliphatic rings. The summed E-state index contributed by atoms with van der Waals surface area (Å²) in [5.41, 5.74) is 1.20. The highest BCUT2D eigenvalue weighted by Crippen LogP contribution is 2.67. The van der Waals surface area contributed by atoms with Crippen LogP contribution in [0.1, 0.15) is 65.2 Å². The highest BCUT2D eigenvalue weighted by molar-refractivity contribution is 7.99. The summed E-state index contributed by atoms with van der Waals surface area (Å²) >= 11 is 1.71. The van der Waals surface area contributed by atoms with Crippen LogP contribution in [0.15, 0.2) is 29.2 Å². The SMILES string of the molecule is Cn1ccnc1SC[C@]1(O)CC[C@H]2[C@@H]3CC=C4C[C@@H](O)CC[C@]4(C)[C@@H]3CC[C@@]21C. The fourth-order valence-corrected chi connectivity index (χ4v) is 8.91. The minimum Gasteiger partial charge on any atom is -0.393 e. The number of aromatic nitrogens is 2. The molecule has 5 heteroatoms. The molecule has 0 amide bonds. The van der Waals surface area contributed by atoms with Crippen molar-refractivity contribution in [2.24, 2.45) is 35.6 Å². The van der Waals surface area contributed by atoms with Gasteiger partial charge in [-0.1, -0.05) is 37.3 Å². The molecule has 4 aliphatic carbocycles. The molecule has 7 atom stereocenters. The normalized spacial score (nSPS) is 46.6.